The van der Waals surface area contributed by atoms with Crippen molar-refractivity contribution in [3.05, 3.63) is 29.6 Å². The number of benzene rings is 1. The lowest BCUT2D eigenvalue weighted by Crippen LogP contribution is -2.16. The predicted octanol–water partition coefficient (Wildman–Crippen LogP) is 3.98. The van der Waals surface area contributed by atoms with E-state index in [1.165, 1.54) is 18.9 Å². The van der Waals surface area contributed by atoms with E-state index in [1.807, 2.05) is 0 Å². The zero-order valence-corrected chi connectivity index (χ0v) is 10.9. The summed E-state index contributed by atoms with van der Waals surface area (Å²) in [4.78, 5) is 0. The molecule has 1 fully saturated rings. The van der Waals surface area contributed by atoms with Crippen LogP contribution in [0, 0.1) is 5.82 Å². The van der Waals surface area contributed by atoms with Crippen molar-refractivity contribution in [2.75, 3.05) is 0 Å². The van der Waals surface area contributed by atoms with Crippen molar-refractivity contribution >= 4 is 0 Å². The summed E-state index contributed by atoms with van der Waals surface area (Å²) >= 11 is 0. The number of ether oxygens (including phenoxy) is 1. The lowest BCUT2D eigenvalue weighted by atomic mass is 10.1. The van der Waals surface area contributed by atoms with Gasteiger partial charge in [-0.15, -0.1) is 0 Å². The average molecular weight is 252 g/mol. The van der Waals surface area contributed by atoms with Crippen molar-refractivity contribution in [1.82, 2.24) is 0 Å². The van der Waals surface area contributed by atoms with Gasteiger partial charge >= 0.3 is 0 Å². The average Bonchev–Trinajstić information content (AvgIpc) is 2.60. The third kappa shape index (κ3) is 3.45. The van der Waals surface area contributed by atoms with Gasteiger partial charge in [-0.3, -0.25) is 0 Å². The highest BCUT2D eigenvalue weighted by atomic mass is 19.1. The van der Waals surface area contributed by atoms with Crippen LogP contribution < -0.4 is 4.74 Å². The molecule has 18 heavy (non-hydrogen) atoms. The Labute approximate surface area is 108 Å². The maximum atomic E-state index is 13.8. The monoisotopic (exact) mass is 252 g/mol. The van der Waals surface area contributed by atoms with Crippen molar-refractivity contribution in [3.8, 4) is 5.75 Å². The van der Waals surface area contributed by atoms with Crippen LogP contribution in [0.1, 0.15) is 57.1 Å². The second-order valence-corrected chi connectivity index (χ2v) is 5.10. The second-order valence-electron chi connectivity index (χ2n) is 5.10. The summed E-state index contributed by atoms with van der Waals surface area (Å²) in [5.74, 6) is -0.0658. The Morgan fingerprint density at radius 2 is 1.89 bits per heavy atom. The number of hydrogen-bond acceptors (Lipinski definition) is 2. The molecule has 0 aromatic heterocycles. The van der Waals surface area contributed by atoms with E-state index in [0.29, 0.717) is 11.3 Å². The fraction of sp³-hybridized carbons (Fsp3) is 0.600. The lowest BCUT2D eigenvalue weighted by molar-refractivity contribution is 0.174. The van der Waals surface area contributed by atoms with Crippen LogP contribution in [0.25, 0.3) is 0 Å². The van der Waals surface area contributed by atoms with E-state index in [9.17, 15) is 9.50 Å². The number of aliphatic hydroxyl groups excluding tert-OH is 1. The van der Waals surface area contributed by atoms with Gasteiger partial charge in [0.15, 0.2) is 11.6 Å². The van der Waals surface area contributed by atoms with Crippen LogP contribution in [0.15, 0.2) is 18.2 Å². The van der Waals surface area contributed by atoms with Gasteiger partial charge in [0.2, 0.25) is 0 Å². The molecule has 2 nitrogen and oxygen atoms in total. The van der Waals surface area contributed by atoms with Gasteiger partial charge in [0.05, 0.1) is 12.2 Å². The minimum atomic E-state index is -0.647. The maximum absolute atomic E-state index is 13.8. The smallest absolute Gasteiger partial charge is 0.165 e. The van der Waals surface area contributed by atoms with Crippen molar-refractivity contribution in [1.29, 1.82) is 0 Å². The normalized spacial score (nSPS) is 19.3. The van der Waals surface area contributed by atoms with E-state index in [0.717, 1.165) is 25.7 Å². The minimum absolute atomic E-state index is 0.138. The lowest BCUT2D eigenvalue weighted by Gasteiger charge is -2.18. The van der Waals surface area contributed by atoms with Crippen molar-refractivity contribution in [3.63, 3.8) is 0 Å². The van der Waals surface area contributed by atoms with E-state index in [-0.39, 0.29) is 11.9 Å². The Bertz CT molecular complexity index is 382. The topological polar surface area (TPSA) is 29.5 Å². The van der Waals surface area contributed by atoms with Crippen LogP contribution in [-0.4, -0.2) is 11.2 Å². The standard InChI is InChI=1S/C15H21FO2/c1-11(17)12-8-9-15(14(16)10-12)18-13-6-4-2-3-5-7-13/h8-11,13,17H,2-7H2,1H3. The first kappa shape index (κ1) is 13.3. The second kappa shape index (κ2) is 6.19. The molecule has 1 atom stereocenters. The summed E-state index contributed by atoms with van der Waals surface area (Å²) in [5, 5.41) is 9.39. The van der Waals surface area contributed by atoms with Gasteiger partial charge < -0.3 is 9.84 Å². The third-order valence-corrected chi connectivity index (χ3v) is 3.53. The fourth-order valence-electron chi connectivity index (χ4n) is 2.41. The highest BCUT2D eigenvalue weighted by molar-refractivity contribution is 5.30. The summed E-state index contributed by atoms with van der Waals surface area (Å²) in [7, 11) is 0. The Morgan fingerprint density at radius 3 is 2.44 bits per heavy atom. The largest absolute Gasteiger partial charge is 0.487 e. The van der Waals surface area contributed by atoms with Crippen LogP contribution in [0.5, 0.6) is 5.75 Å². The Kier molecular flexibility index (Phi) is 4.59. The Morgan fingerprint density at radius 1 is 1.22 bits per heavy atom. The number of halogens is 1. The van der Waals surface area contributed by atoms with Gasteiger partial charge in [0.1, 0.15) is 0 Å². The van der Waals surface area contributed by atoms with Crippen LogP contribution in [0.4, 0.5) is 4.39 Å². The first-order valence-electron chi connectivity index (χ1n) is 6.81. The van der Waals surface area contributed by atoms with Gasteiger partial charge in [-0.05, 0) is 50.3 Å². The number of hydrogen-bond donors (Lipinski definition) is 1. The first-order chi connectivity index (χ1) is 8.66. The van der Waals surface area contributed by atoms with Gasteiger partial charge in [-0.2, -0.15) is 0 Å². The summed E-state index contributed by atoms with van der Waals surface area (Å²) < 4.78 is 19.6. The Hall–Kier alpha value is -1.09. The van der Waals surface area contributed by atoms with Gasteiger partial charge in [0, 0.05) is 0 Å². The van der Waals surface area contributed by atoms with Crippen LogP contribution in [0.3, 0.4) is 0 Å². The van der Waals surface area contributed by atoms with E-state index in [4.69, 9.17) is 4.74 Å². The molecule has 1 N–H and O–H groups in total. The highest BCUT2D eigenvalue weighted by Gasteiger charge is 2.16. The summed E-state index contributed by atoms with van der Waals surface area (Å²) in [5.41, 5.74) is 0.584. The molecule has 0 aliphatic heterocycles. The molecule has 2 rings (SSSR count). The van der Waals surface area contributed by atoms with Crippen LogP contribution >= 0.6 is 0 Å². The summed E-state index contributed by atoms with van der Waals surface area (Å²) in [6.07, 6.45) is 6.35. The van der Waals surface area contributed by atoms with Gasteiger partial charge in [-0.1, -0.05) is 18.9 Å². The Balaban J connectivity index is 2.04. The molecule has 1 aliphatic carbocycles. The van der Waals surface area contributed by atoms with Crippen molar-refractivity contribution in [2.24, 2.45) is 0 Å². The van der Waals surface area contributed by atoms with Gasteiger partial charge in [0.25, 0.3) is 0 Å². The molecule has 0 amide bonds. The molecule has 1 aromatic carbocycles. The van der Waals surface area contributed by atoms with Crippen molar-refractivity contribution < 1.29 is 14.2 Å². The zero-order chi connectivity index (χ0) is 13.0. The molecule has 0 heterocycles. The fourth-order valence-corrected chi connectivity index (χ4v) is 2.41. The van der Waals surface area contributed by atoms with Crippen LogP contribution in [-0.2, 0) is 0 Å². The molecule has 0 spiro atoms. The number of rotatable bonds is 3. The van der Waals surface area contributed by atoms with Crippen molar-refractivity contribution in [2.45, 2.75) is 57.7 Å². The third-order valence-electron chi connectivity index (χ3n) is 3.53. The molecular formula is C15H21FO2. The molecule has 0 radical (unpaired) electrons. The molecular weight excluding hydrogens is 231 g/mol. The summed E-state index contributed by atoms with van der Waals surface area (Å²) in [6, 6.07) is 4.71. The van der Waals surface area contributed by atoms with Crippen LogP contribution in [0.2, 0.25) is 0 Å². The molecule has 0 saturated heterocycles. The van der Waals surface area contributed by atoms with E-state index < -0.39 is 6.10 Å². The predicted molar refractivity (Wildman–Crippen MR) is 69.2 cm³/mol. The SMILES string of the molecule is CC(O)c1ccc(OC2CCCCCC2)c(F)c1. The quantitative estimate of drug-likeness (QED) is 0.824. The molecule has 1 saturated carbocycles. The first-order valence-corrected chi connectivity index (χ1v) is 6.81. The molecule has 0 bridgehead atoms. The molecule has 1 aliphatic rings. The number of aliphatic hydroxyl groups is 1. The highest BCUT2D eigenvalue weighted by Crippen LogP contribution is 2.26. The van der Waals surface area contributed by atoms with E-state index in [1.54, 1.807) is 19.1 Å². The molecule has 1 unspecified atom stereocenters. The minimum Gasteiger partial charge on any atom is -0.487 e. The van der Waals surface area contributed by atoms with E-state index in [2.05, 4.69) is 0 Å². The zero-order valence-electron chi connectivity index (χ0n) is 10.9. The summed E-state index contributed by atoms with van der Waals surface area (Å²) in [6.45, 7) is 1.63. The molecule has 3 heteroatoms. The van der Waals surface area contributed by atoms with Gasteiger partial charge in [-0.25, -0.2) is 4.39 Å². The molecule has 100 valence electrons. The molecule has 1 aromatic rings. The maximum Gasteiger partial charge on any atom is 0.165 e. The van der Waals surface area contributed by atoms with E-state index >= 15 is 0 Å².